The van der Waals surface area contributed by atoms with Crippen LogP contribution in [0.3, 0.4) is 0 Å². The maximum atomic E-state index is 10.8. The molecule has 6 heteroatoms. The number of carbonyl (C=O) groups excluding carboxylic acids is 1. The summed E-state index contributed by atoms with van der Waals surface area (Å²) < 4.78 is 32.1. The second-order valence-corrected chi connectivity index (χ2v) is 3.50. The molecule has 0 rings (SSSR count). The van der Waals surface area contributed by atoms with Crippen LogP contribution in [0.1, 0.15) is 26.7 Å². The van der Waals surface area contributed by atoms with E-state index in [9.17, 15) is 13.2 Å². The molecule has 0 aromatic rings. The van der Waals surface area contributed by atoms with Crippen LogP contribution in [-0.4, -0.2) is 18.9 Å². The fourth-order valence-electron chi connectivity index (χ4n) is 0.606. The van der Waals surface area contributed by atoms with E-state index in [1.807, 2.05) is 6.92 Å². The maximum Gasteiger partial charge on any atom is 0.449 e. The van der Waals surface area contributed by atoms with Crippen LogP contribution in [0, 0.1) is 0 Å². The molecule has 0 amide bonds. The van der Waals surface area contributed by atoms with E-state index in [1.165, 1.54) is 6.92 Å². The standard InChI is InChI=1S/C7H12O5S/c1-3-4-5-6(2)7(8)12-13(9,10)11/h5H,3-4H2,1-2H3,(H,9,10,11)/b6-5+. The van der Waals surface area contributed by atoms with Crippen molar-refractivity contribution in [3.63, 3.8) is 0 Å². The van der Waals surface area contributed by atoms with Gasteiger partial charge in [0.05, 0.1) is 0 Å². The summed E-state index contributed by atoms with van der Waals surface area (Å²) in [6.45, 7) is 3.33. The lowest BCUT2D eigenvalue weighted by Gasteiger charge is -1.99. The Morgan fingerprint density at radius 2 is 2.08 bits per heavy atom. The first-order valence-electron chi connectivity index (χ1n) is 3.74. The molecule has 0 aromatic carbocycles. The SMILES string of the molecule is CCC/C=C(\C)C(=O)OS(=O)(=O)O. The van der Waals surface area contributed by atoms with Gasteiger partial charge >= 0.3 is 16.4 Å². The van der Waals surface area contributed by atoms with E-state index in [4.69, 9.17) is 4.55 Å². The van der Waals surface area contributed by atoms with E-state index in [-0.39, 0.29) is 5.57 Å². The molecule has 0 saturated heterocycles. The number of allylic oxidation sites excluding steroid dienone is 1. The van der Waals surface area contributed by atoms with Gasteiger partial charge < -0.3 is 4.18 Å². The average Bonchev–Trinajstić information content (AvgIpc) is 1.96. The molecule has 0 aromatic heterocycles. The Balaban J connectivity index is 4.28. The molecule has 0 aliphatic rings. The molecule has 0 heterocycles. The van der Waals surface area contributed by atoms with E-state index in [1.54, 1.807) is 6.08 Å². The summed E-state index contributed by atoms with van der Waals surface area (Å²) in [4.78, 5) is 10.8. The van der Waals surface area contributed by atoms with Crippen LogP contribution in [-0.2, 0) is 19.4 Å². The molecule has 0 spiro atoms. The molecule has 0 saturated carbocycles. The van der Waals surface area contributed by atoms with E-state index < -0.39 is 16.4 Å². The molecule has 0 fully saturated rings. The molecular formula is C7H12O5S. The summed E-state index contributed by atoms with van der Waals surface area (Å²) >= 11 is 0. The van der Waals surface area contributed by atoms with Gasteiger partial charge in [-0.1, -0.05) is 19.4 Å². The molecule has 0 aliphatic carbocycles. The normalized spacial score (nSPS) is 12.7. The minimum absolute atomic E-state index is 0.166. The van der Waals surface area contributed by atoms with Crippen LogP contribution < -0.4 is 0 Å². The van der Waals surface area contributed by atoms with Gasteiger partial charge in [-0.15, -0.1) is 0 Å². The van der Waals surface area contributed by atoms with Gasteiger partial charge in [0, 0.05) is 5.57 Å². The molecule has 76 valence electrons. The molecule has 0 unspecified atom stereocenters. The molecule has 0 aliphatic heterocycles. The Kier molecular flexibility index (Phi) is 4.64. The number of unbranched alkanes of at least 4 members (excludes halogenated alkanes) is 1. The number of carbonyl (C=O) groups is 1. The summed E-state index contributed by atoms with van der Waals surface area (Å²) in [5, 5.41) is 0. The van der Waals surface area contributed by atoms with E-state index >= 15 is 0 Å². The van der Waals surface area contributed by atoms with Gasteiger partial charge in [0.2, 0.25) is 0 Å². The van der Waals surface area contributed by atoms with E-state index in [2.05, 4.69) is 4.18 Å². The first kappa shape index (κ1) is 12.1. The number of hydrogen-bond donors (Lipinski definition) is 1. The van der Waals surface area contributed by atoms with Crippen molar-refractivity contribution in [2.45, 2.75) is 26.7 Å². The highest BCUT2D eigenvalue weighted by Crippen LogP contribution is 2.02. The quantitative estimate of drug-likeness (QED) is 0.552. The minimum Gasteiger partial charge on any atom is -0.321 e. The third-order valence-corrected chi connectivity index (χ3v) is 1.60. The van der Waals surface area contributed by atoms with Crippen LogP contribution in [0.4, 0.5) is 0 Å². The first-order chi connectivity index (χ1) is 5.87. The van der Waals surface area contributed by atoms with Gasteiger partial charge in [0.1, 0.15) is 0 Å². The molecular weight excluding hydrogens is 196 g/mol. The third kappa shape index (κ3) is 6.30. The average molecular weight is 208 g/mol. The molecule has 1 N–H and O–H groups in total. The van der Waals surface area contributed by atoms with E-state index in [0.29, 0.717) is 6.42 Å². The van der Waals surface area contributed by atoms with Gasteiger partial charge in [-0.25, -0.2) is 4.79 Å². The topological polar surface area (TPSA) is 80.7 Å². The van der Waals surface area contributed by atoms with Crippen molar-refractivity contribution in [2.24, 2.45) is 0 Å². The van der Waals surface area contributed by atoms with Gasteiger partial charge in [-0.2, -0.15) is 8.42 Å². The monoisotopic (exact) mass is 208 g/mol. The van der Waals surface area contributed by atoms with Crippen molar-refractivity contribution >= 4 is 16.4 Å². The number of rotatable bonds is 4. The first-order valence-corrected chi connectivity index (χ1v) is 5.11. The fraction of sp³-hybridized carbons (Fsp3) is 0.571. The second kappa shape index (κ2) is 4.98. The van der Waals surface area contributed by atoms with Crippen LogP contribution in [0.2, 0.25) is 0 Å². The Bertz CT molecular complexity index is 301. The third-order valence-electron chi connectivity index (χ3n) is 1.24. The van der Waals surface area contributed by atoms with Gasteiger partial charge in [0.25, 0.3) is 0 Å². The number of hydrogen-bond acceptors (Lipinski definition) is 4. The fourth-order valence-corrected chi connectivity index (χ4v) is 0.928. The van der Waals surface area contributed by atoms with Crippen LogP contribution >= 0.6 is 0 Å². The lowest BCUT2D eigenvalue weighted by molar-refractivity contribution is -0.130. The van der Waals surface area contributed by atoms with Gasteiger partial charge in [-0.3, -0.25) is 4.55 Å². The van der Waals surface area contributed by atoms with Crippen molar-refractivity contribution in [3.05, 3.63) is 11.6 Å². The van der Waals surface area contributed by atoms with Crippen LogP contribution in [0.5, 0.6) is 0 Å². The molecule has 0 radical (unpaired) electrons. The van der Waals surface area contributed by atoms with E-state index in [0.717, 1.165) is 6.42 Å². The maximum absolute atomic E-state index is 10.8. The second-order valence-electron chi connectivity index (χ2n) is 2.47. The van der Waals surface area contributed by atoms with Crippen molar-refractivity contribution in [2.75, 3.05) is 0 Å². The summed E-state index contributed by atoms with van der Waals surface area (Å²) in [6, 6.07) is 0. The molecule has 5 nitrogen and oxygen atoms in total. The largest absolute Gasteiger partial charge is 0.449 e. The predicted octanol–water partition coefficient (Wildman–Crippen LogP) is 1.08. The van der Waals surface area contributed by atoms with Crippen molar-refractivity contribution in [1.29, 1.82) is 0 Å². The van der Waals surface area contributed by atoms with Crippen LogP contribution in [0.15, 0.2) is 11.6 Å². The zero-order chi connectivity index (χ0) is 10.5. The minimum atomic E-state index is -4.68. The Labute approximate surface area is 77.4 Å². The summed E-state index contributed by atoms with van der Waals surface area (Å²) in [7, 11) is -4.68. The summed E-state index contributed by atoms with van der Waals surface area (Å²) in [5.74, 6) is -1.05. The van der Waals surface area contributed by atoms with Gasteiger partial charge in [0.15, 0.2) is 0 Å². The van der Waals surface area contributed by atoms with Crippen molar-refractivity contribution in [3.8, 4) is 0 Å². The zero-order valence-corrected chi connectivity index (χ0v) is 8.30. The highest BCUT2D eigenvalue weighted by Gasteiger charge is 2.14. The smallest absolute Gasteiger partial charge is 0.321 e. The lowest BCUT2D eigenvalue weighted by Crippen LogP contribution is -2.12. The molecule has 13 heavy (non-hydrogen) atoms. The highest BCUT2D eigenvalue weighted by atomic mass is 32.3. The highest BCUT2D eigenvalue weighted by molar-refractivity contribution is 7.81. The Hall–Kier alpha value is -0.880. The lowest BCUT2D eigenvalue weighted by atomic mass is 10.2. The Morgan fingerprint density at radius 1 is 1.54 bits per heavy atom. The van der Waals surface area contributed by atoms with Crippen molar-refractivity contribution < 1.29 is 21.9 Å². The summed E-state index contributed by atoms with van der Waals surface area (Å²) in [6.07, 6.45) is 3.05. The summed E-state index contributed by atoms with van der Waals surface area (Å²) in [5.41, 5.74) is 0.166. The predicted molar refractivity (Wildman–Crippen MR) is 46.3 cm³/mol. The van der Waals surface area contributed by atoms with Crippen LogP contribution in [0.25, 0.3) is 0 Å². The van der Waals surface area contributed by atoms with Crippen molar-refractivity contribution in [1.82, 2.24) is 0 Å². The zero-order valence-electron chi connectivity index (χ0n) is 7.48. The molecule has 0 atom stereocenters. The Morgan fingerprint density at radius 3 is 2.46 bits per heavy atom. The molecule has 0 bridgehead atoms. The van der Waals surface area contributed by atoms with Gasteiger partial charge in [-0.05, 0) is 13.3 Å².